The zero-order valence-corrected chi connectivity index (χ0v) is 15.4. The molecule has 152 valence electrons. The summed E-state index contributed by atoms with van der Waals surface area (Å²) < 4.78 is 69.1. The van der Waals surface area contributed by atoms with Gasteiger partial charge in [0.25, 0.3) is 0 Å². The van der Waals surface area contributed by atoms with E-state index in [0.29, 0.717) is 29.5 Å². The molecule has 0 amide bonds. The van der Waals surface area contributed by atoms with Crippen molar-refractivity contribution in [3.63, 3.8) is 0 Å². The van der Waals surface area contributed by atoms with E-state index in [-0.39, 0.29) is 13.1 Å². The Balaban J connectivity index is 1.70. The first-order valence-electron chi connectivity index (χ1n) is 8.75. The van der Waals surface area contributed by atoms with Crippen LogP contribution in [0.5, 0.6) is 11.5 Å². The molecule has 0 bridgehead atoms. The maximum absolute atomic E-state index is 14.0. The van der Waals surface area contributed by atoms with Crippen LogP contribution in [0.15, 0.2) is 30.3 Å². The number of phenols is 1. The van der Waals surface area contributed by atoms with Crippen molar-refractivity contribution >= 4 is 0 Å². The van der Waals surface area contributed by atoms with Gasteiger partial charge in [-0.25, -0.2) is 8.78 Å². The molecule has 0 spiro atoms. The average molecular weight is 401 g/mol. The molecular weight excluding hydrogens is 381 g/mol. The van der Waals surface area contributed by atoms with Crippen molar-refractivity contribution < 1.29 is 31.8 Å². The smallest absolute Gasteiger partial charge is 0.504 e. The van der Waals surface area contributed by atoms with Gasteiger partial charge in [0.05, 0.1) is 0 Å². The van der Waals surface area contributed by atoms with E-state index in [2.05, 4.69) is 4.74 Å². The lowest BCUT2D eigenvalue weighted by atomic mass is 9.93. The lowest BCUT2D eigenvalue weighted by Gasteiger charge is -2.35. The Bertz CT molecular complexity index is 849. The third-order valence-corrected chi connectivity index (χ3v) is 5.15. The number of phenolic OH excluding ortho intramolecular Hbond substituents is 1. The summed E-state index contributed by atoms with van der Waals surface area (Å²) in [5.41, 5.74) is 0.789. The number of hydrogen-bond donors (Lipinski definition) is 1. The molecule has 3 nitrogen and oxygen atoms in total. The van der Waals surface area contributed by atoms with E-state index in [0.717, 1.165) is 24.3 Å². The van der Waals surface area contributed by atoms with Crippen LogP contribution >= 0.6 is 0 Å². The largest absolute Gasteiger partial charge is 0.573 e. The predicted molar refractivity (Wildman–Crippen MR) is 92.8 cm³/mol. The Morgan fingerprint density at radius 1 is 1.00 bits per heavy atom. The molecule has 28 heavy (non-hydrogen) atoms. The highest BCUT2D eigenvalue weighted by Crippen LogP contribution is 2.36. The second-order valence-electron chi connectivity index (χ2n) is 7.50. The van der Waals surface area contributed by atoms with Crippen LogP contribution in [0.1, 0.15) is 37.0 Å². The van der Waals surface area contributed by atoms with Crippen LogP contribution in [0.4, 0.5) is 22.0 Å². The third kappa shape index (κ3) is 4.38. The SMILES string of the molecule is CC(C)(CCc1ccc(O)c(OC(F)(F)F)c1)N1Cc2c(F)ccc(F)c2C1. The van der Waals surface area contributed by atoms with Crippen LogP contribution in [0, 0.1) is 11.6 Å². The third-order valence-electron chi connectivity index (χ3n) is 5.15. The van der Waals surface area contributed by atoms with Crippen molar-refractivity contribution in [1.29, 1.82) is 0 Å². The molecule has 0 radical (unpaired) electrons. The molecule has 3 rings (SSSR count). The zero-order chi connectivity index (χ0) is 20.7. The van der Waals surface area contributed by atoms with Crippen LogP contribution in [-0.4, -0.2) is 21.9 Å². The summed E-state index contributed by atoms with van der Waals surface area (Å²) in [4.78, 5) is 1.94. The van der Waals surface area contributed by atoms with Gasteiger partial charge in [-0.1, -0.05) is 6.07 Å². The van der Waals surface area contributed by atoms with Crippen molar-refractivity contribution in [3.05, 3.63) is 58.7 Å². The van der Waals surface area contributed by atoms with Crippen LogP contribution in [0.3, 0.4) is 0 Å². The van der Waals surface area contributed by atoms with E-state index in [1.54, 1.807) is 0 Å². The molecule has 0 saturated carbocycles. The van der Waals surface area contributed by atoms with E-state index in [4.69, 9.17) is 0 Å². The van der Waals surface area contributed by atoms with Gasteiger partial charge < -0.3 is 9.84 Å². The first-order valence-corrected chi connectivity index (χ1v) is 8.75. The molecule has 0 fully saturated rings. The van der Waals surface area contributed by atoms with E-state index < -0.39 is 35.0 Å². The van der Waals surface area contributed by atoms with Crippen LogP contribution in [0.2, 0.25) is 0 Å². The van der Waals surface area contributed by atoms with Crippen molar-refractivity contribution in [2.75, 3.05) is 0 Å². The highest BCUT2D eigenvalue weighted by atomic mass is 19.4. The second-order valence-corrected chi connectivity index (χ2v) is 7.50. The van der Waals surface area contributed by atoms with Crippen molar-refractivity contribution in [2.45, 2.75) is 51.7 Å². The molecule has 0 atom stereocenters. The topological polar surface area (TPSA) is 32.7 Å². The van der Waals surface area contributed by atoms with Crippen molar-refractivity contribution in [1.82, 2.24) is 4.90 Å². The molecule has 0 saturated heterocycles. The van der Waals surface area contributed by atoms with Crippen molar-refractivity contribution in [3.8, 4) is 11.5 Å². The fourth-order valence-electron chi connectivity index (χ4n) is 3.37. The molecule has 8 heteroatoms. The number of alkyl halides is 3. The number of aromatic hydroxyl groups is 1. The number of hydrogen-bond acceptors (Lipinski definition) is 3. The minimum atomic E-state index is -4.90. The fraction of sp³-hybridized carbons (Fsp3) is 0.400. The van der Waals surface area contributed by atoms with Gasteiger partial charge in [-0.2, -0.15) is 0 Å². The van der Waals surface area contributed by atoms with Crippen LogP contribution in [-0.2, 0) is 19.5 Å². The average Bonchev–Trinajstić information content (AvgIpc) is 3.05. The van der Waals surface area contributed by atoms with Gasteiger partial charge in [-0.15, -0.1) is 13.2 Å². The monoisotopic (exact) mass is 401 g/mol. The maximum Gasteiger partial charge on any atom is 0.573 e. The Morgan fingerprint density at radius 2 is 1.57 bits per heavy atom. The Hall–Kier alpha value is -2.35. The molecule has 2 aromatic carbocycles. The molecule has 1 aliphatic heterocycles. The Kier molecular flexibility index (Phi) is 5.27. The Labute approximate surface area is 159 Å². The molecule has 0 aromatic heterocycles. The number of fused-ring (bicyclic) bond motifs is 1. The summed E-state index contributed by atoms with van der Waals surface area (Å²) in [5.74, 6) is -2.13. The number of nitrogens with zero attached hydrogens (tertiary/aromatic N) is 1. The lowest BCUT2D eigenvalue weighted by molar-refractivity contribution is -0.275. The Morgan fingerprint density at radius 3 is 2.11 bits per heavy atom. The van der Waals surface area contributed by atoms with Gasteiger partial charge in [-0.05, 0) is 56.5 Å². The van der Waals surface area contributed by atoms with Gasteiger partial charge >= 0.3 is 6.36 Å². The van der Waals surface area contributed by atoms with Crippen LogP contribution < -0.4 is 4.74 Å². The molecule has 1 N–H and O–H groups in total. The minimum absolute atomic E-state index is 0.268. The summed E-state index contributed by atoms with van der Waals surface area (Å²) >= 11 is 0. The molecule has 1 heterocycles. The number of aryl methyl sites for hydroxylation is 1. The summed E-state index contributed by atoms with van der Waals surface area (Å²) in [7, 11) is 0. The van der Waals surface area contributed by atoms with E-state index in [1.807, 2.05) is 18.7 Å². The van der Waals surface area contributed by atoms with E-state index >= 15 is 0 Å². The molecule has 0 unspecified atom stereocenters. The van der Waals surface area contributed by atoms with Gasteiger partial charge in [0.2, 0.25) is 0 Å². The minimum Gasteiger partial charge on any atom is -0.504 e. The molecule has 0 aliphatic carbocycles. The molecular formula is C20H20F5NO2. The standard InChI is InChI=1S/C20H20F5NO2/c1-19(2,26-10-13-14(11-26)16(22)5-4-15(13)21)8-7-12-3-6-17(27)18(9-12)28-20(23,24)25/h3-6,9,27H,7-8,10-11H2,1-2H3. The molecule has 1 aliphatic rings. The molecule has 2 aromatic rings. The van der Waals surface area contributed by atoms with Gasteiger partial charge in [0.1, 0.15) is 11.6 Å². The van der Waals surface area contributed by atoms with Crippen LogP contribution in [0.25, 0.3) is 0 Å². The fourth-order valence-corrected chi connectivity index (χ4v) is 3.37. The lowest BCUT2D eigenvalue weighted by Crippen LogP contribution is -2.40. The number of halogens is 5. The quantitative estimate of drug-likeness (QED) is 0.691. The highest BCUT2D eigenvalue weighted by molar-refractivity contribution is 5.42. The first-order chi connectivity index (χ1) is 13.0. The summed E-state index contributed by atoms with van der Waals surface area (Å²) in [5, 5.41) is 9.55. The van der Waals surface area contributed by atoms with E-state index in [1.165, 1.54) is 6.07 Å². The predicted octanol–water partition coefficient (Wildman–Crippen LogP) is 5.30. The number of benzene rings is 2. The summed E-state index contributed by atoms with van der Waals surface area (Å²) in [6.45, 7) is 4.37. The summed E-state index contributed by atoms with van der Waals surface area (Å²) in [6.07, 6.45) is -3.97. The van der Waals surface area contributed by atoms with Gasteiger partial charge in [0.15, 0.2) is 11.5 Å². The zero-order valence-electron chi connectivity index (χ0n) is 15.4. The van der Waals surface area contributed by atoms with Gasteiger partial charge in [0, 0.05) is 29.8 Å². The summed E-state index contributed by atoms with van der Waals surface area (Å²) in [6, 6.07) is 6.05. The maximum atomic E-state index is 14.0. The number of rotatable bonds is 5. The second kappa shape index (κ2) is 7.24. The van der Waals surface area contributed by atoms with Gasteiger partial charge in [-0.3, -0.25) is 4.90 Å². The first kappa shape index (κ1) is 20.4. The van der Waals surface area contributed by atoms with E-state index in [9.17, 15) is 27.1 Å². The normalized spacial score (nSPS) is 15.0. The van der Waals surface area contributed by atoms with Crippen molar-refractivity contribution in [2.24, 2.45) is 0 Å². The highest BCUT2D eigenvalue weighted by Gasteiger charge is 2.35. The number of ether oxygens (including phenoxy) is 1.